The molecular formula is C11H13N3O. The van der Waals surface area contributed by atoms with Crippen molar-refractivity contribution in [2.45, 2.75) is 6.04 Å². The van der Waals surface area contributed by atoms with Crippen molar-refractivity contribution in [1.82, 2.24) is 0 Å². The Hall–Kier alpha value is -1.73. The van der Waals surface area contributed by atoms with Gasteiger partial charge in [-0.3, -0.25) is 0 Å². The smallest absolute Gasteiger partial charge is 0.144 e. The molecule has 4 nitrogen and oxygen atoms in total. The van der Waals surface area contributed by atoms with Crippen LogP contribution in [0.3, 0.4) is 0 Å². The second kappa shape index (κ2) is 3.79. The Morgan fingerprint density at radius 1 is 1.67 bits per heavy atom. The van der Waals surface area contributed by atoms with Gasteiger partial charge in [0, 0.05) is 19.7 Å². The van der Waals surface area contributed by atoms with E-state index in [0.29, 0.717) is 18.7 Å². The van der Waals surface area contributed by atoms with E-state index in [-0.39, 0.29) is 6.04 Å². The van der Waals surface area contributed by atoms with Crippen molar-refractivity contribution < 1.29 is 4.74 Å². The second-order valence-corrected chi connectivity index (χ2v) is 3.61. The molecule has 1 heterocycles. The van der Waals surface area contributed by atoms with Crippen molar-refractivity contribution in [1.29, 1.82) is 5.26 Å². The fourth-order valence-electron chi connectivity index (χ4n) is 1.71. The van der Waals surface area contributed by atoms with Gasteiger partial charge < -0.3 is 15.4 Å². The molecule has 0 saturated carbocycles. The molecule has 1 atom stereocenters. The van der Waals surface area contributed by atoms with Crippen LogP contribution in [0.15, 0.2) is 18.2 Å². The van der Waals surface area contributed by atoms with Crippen molar-refractivity contribution in [3.05, 3.63) is 23.8 Å². The molecule has 0 amide bonds. The fourth-order valence-corrected chi connectivity index (χ4v) is 1.71. The molecule has 78 valence electrons. The van der Waals surface area contributed by atoms with E-state index in [2.05, 4.69) is 11.0 Å². The highest BCUT2D eigenvalue weighted by atomic mass is 16.5. The van der Waals surface area contributed by atoms with Crippen LogP contribution in [0.25, 0.3) is 0 Å². The first-order valence-electron chi connectivity index (χ1n) is 4.86. The Morgan fingerprint density at radius 3 is 3.13 bits per heavy atom. The van der Waals surface area contributed by atoms with E-state index in [9.17, 15) is 0 Å². The van der Waals surface area contributed by atoms with Crippen molar-refractivity contribution in [2.75, 3.05) is 25.1 Å². The number of benzene rings is 1. The van der Waals surface area contributed by atoms with Crippen LogP contribution in [0.1, 0.15) is 5.56 Å². The van der Waals surface area contributed by atoms with Gasteiger partial charge in [-0.1, -0.05) is 0 Å². The minimum Gasteiger partial charge on any atom is -0.489 e. The van der Waals surface area contributed by atoms with Crippen molar-refractivity contribution in [3.8, 4) is 11.8 Å². The Balaban J connectivity index is 2.38. The summed E-state index contributed by atoms with van der Waals surface area (Å²) in [5, 5.41) is 8.76. The molecule has 1 aromatic carbocycles. The number of hydrogen-bond donors (Lipinski definition) is 1. The molecule has 0 aliphatic carbocycles. The molecule has 0 saturated heterocycles. The highest BCUT2D eigenvalue weighted by Gasteiger charge is 2.23. The topological polar surface area (TPSA) is 62.3 Å². The molecule has 4 heteroatoms. The summed E-state index contributed by atoms with van der Waals surface area (Å²) in [5.74, 6) is 0.765. The third-order valence-corrected chi connectivity index (χ3v) is 2.72. The van der Waals surface area contributed by atoms with Crippen LogP contribution in [0, 0.1) is 11.3 Å². The third-order valence-electron chi connectivity index (χ3n) is 2.72. The van der Waals surface area contributed by atoms with Crippen molar-refractivity contribution in [2.24, 2.45) is 5.73 Å². The molecule has 1 unspecified atom stereocenters. The number of rotatable bonds is 1. The second-order valence-electron chi connectivity index (χ2n) is 3.61. The number of fused-ring (bicyclic) bond motifs is 1. The van der Waals surface area contributed by atoms with E-state index >= 15 is 0 Å². The van der Waals surface area contributed by atoms with Crippen LogP contribution in [0.4, 0.5) is 5.69 Å². The molecule has 0 radical (unpaired) electrons. The summed E-state index contributed by atoms with van der Waals surface area (Å²) in [4.78, 5) is 2.10. The van der Waals surface area contributed by atoms with Gasteiger partial charge in [-0.05, 0) is 12.1 Å². The molecule has 1 aliphatic rings. The fraction of sp³-hybridized carbons (Fsp3) is 0.364. The van der Waals surface area contributed by atoms with E-state index in [4.69, 9.17) is 15.7 Å². The summed E-state index contributed by atoms with van der Waals surface area (Å²) in [5.41, 5.74) is 7.25. The maximum atomic E-state index is 8.76. The van der Waals surface area contributed by atoms with Gasteiger partial charge in [0.15, 0.2) is 0 Å². The first-order valence-corrected chi connectivity index (χ1v) is 4.86. The Morgan fingerprint density at radius 2 is 2.47 bits per heavy atom. The first kappa shape index (κ1) is 9.81. The van der Waals surface area contributed by atoms with Gasteiger partial charge in [-0.25, -0.2) is 0 Å². The quantitative estimate of drug-likeness (QED) is 0.730. The molecule has 0 fully saturated rings. The monoisotopic (exact) mass is 203 g/mol. The number of likely N-dealkylation sites (N-methyl/N-ethyl adjacent to an activating group) is 1. The van der Waals surface area contributed by atoms with Gasteiger partial charge in [0.25, 0.3) is 0 Å². The largest absolute Gasteiger partial charge is 0.489 e. The number of anilines is 1. The van der Waals surface area contributed by atoms with E-state index in [1.54, 1.807) is 12.1 Å². The summed E-state index contributed by atoms with van der Waals surface area (Å²) >= 11 is 0. The zero-order chi connectivity index (χ0) is 10.8. The van der Waals surface area contributed by atoms with Crippen molar-refractivity contribution in [3.63, 3.8) is 0 Å². The maximum Gasteiger partial charge on any atom is 0.144 e. The Bertz CT molecular complexity index is 411. The molecule has 1 aromatic rings. The van der Waals surface area contributed by atoms with Gasteiger partial charge >= 0.3 is 0 Å². The lowest BCUT2D eigenvalue weighted by Crippen LogP contribution is -2.45. The summed E-state index contributed by atoms with van der Waals surface area (Å²) in [6, 6.07) is 7.76. The Kier molecular flexibility index (Phi) is 2.48. The van der Waals surface area contributed by atoms with Gasteiger partial charge in [0.1, 0.15) is 12.4 Å². The zero-order valence-electron chi connectivity index (χ0n) is 8.60. The standard InChI is InChI=1S/C11H13N3O/c1-14-9(6-13)7-15-11-4-8(5-12)2-3-10(11)14/h2-4,9H,6-7,13H2,1H3. The van der Waals surface area contributed by atoms with Crippen LogP contribution in [0.5, 0.6) is 5.75 Å². The summed E-state index contributed by atoms with van der Waals surface area (Å²) in [7, 11) is 1.99. The van der Waals surface area contributed by atoms with Gasteiger partial charge in [0.2, 0.25) is 0 Å². The highest BCUT2D eigenvalue weighted by molar-refractivity contribution is 5.62. The molecule has 1 aliphatic heterocycles. The third kappa shape index (κ3) is 1.62. The molecule has 0 bridgehead atoms. The van der Waals surface area contributed by atoms with Gasteiger partial charge in [-0.2, -0.15) is 5.26 Å². The van der Waals surface area contributed by atoms with Crippen LogP contribution in [-0.2, 0) is 0 Å². The number of hydrogen-bond acceptors (Lipinski definition) is 4. The van der Waals surface area contributed by atoms with E-state index < -0.39 is 0 Å². The molecule has 2 rings (SSSR count). The zero-order valence-corrected chi connectivity index (χ0v) is 8.60. The number of nitrogens with two attached hydrogens (primary N) is 1. The lowest BCUT2D eigenvalue weighted by molar-refractivity contribution is 0.269. The highest BCUT2D eigenvalue weighted by Crippen LogP contribution is 2.33. The number of nitrogens with zero attached hydrogens (tertiary/aromatic N) is 2. The Labute approximate surface area is 88.9 Å². The van der Waals surface area contributed by atoms with Gasteiger partial charge in [0.05, 0.1) is 23.4 Å². The number of nitriles is 1. The van der Waals surface area contributed by atoms with Crippen LogP contribution >= 0.6 is 0 Å². The molecule has 2 N–H and O–H groups in total. The minimum atomic E-state index is 0.213. The molecule has 0 spiro atoms. The first-order chi connectivity index (χ1) is 7.26. The van der Waals surface area contributed by atoms with E-state index in [1.807, 2.05) is 13.1 Å². The lowest BCUT2D eigenvalue weighted by Gasteiger charge is -2.35. The molecule has 15 heavy (non-hydrogen) atoms. The van der Waals surface area contributed by atoms with Crippen molar-refractivity contribution >= 4 is 5.69 Å². The van der Waals surface area contributed by atoms with E-state index in [1.165, 1.54) is 0 Å². The predicted octanol–water partition coefficient (Wildman–Crippen LogP) is 0.714. The van der Waals surface area contributed by atoms with Gasteiger partial charge in [-0.15, -0.1) is 0 Å². The average Bonchev–Trinajstić information content (AvgIpc) is 2.29. The molecular weight excluding hydrogens is 190 g/mol. The normalized spacial score (nSPS) is 19.0. The summed E-state index contributed by atoms with van der Waals surface area (Å²) in [6.07, 6.45) is 0. The maximum absolute atomic E-state index is 8.76. The summed E-state index contributed by atoms with van der Waals surface area (Å²) in [6.45, 7) is 1.14. The lowest BCUT2D eigenvalue weighted by atomic mass is 10.1. The van der Waals surface area contributed by atoms with Crippen LogP contribution in [0.2, 0.25) is 0 Å². The minimum absolute atomic E-state index is 0.213. The summed E-state index contributed by atoms with van der Waals surface area (Å²) < 4.78 is 5.57. The van der Waals surface area contributed by atoms with Crippen LogP contribution in [-0.4, -0.2) is 26.2 Å². The van der Waals surface area contributed by atoms with E-state index in [0.717, 1.165) is 11.4 Å². The predicted molar refractivity (Wildman–Crippen MR) is 57.9 cm³/mol. The SMILES string of the molecule is CN1c2ccc(C#N)cc2OCC1CN. The van der Waals surface area contributed by atoms with Crippen LogP contribution < -0.4 is 15.4 Å². The number of ether oxygens (including phenoxy) is 1. The average molecular weight is 203 g/mol. The molecule has 0 aromatic heterocycles.